The van der Waals surface area contributed by atoms with Crippen molar-refractivity contribution in [3.8, 4) is 0 Å². The van der Waals surface area contributed by atoms with Crippen LogP contribution in [0.3, 0.4) is 0 Å². The van der Waals surface area contributed by atoms with Gasteiger partial charge >= 0.3 is 5.97 Å². The molecular formula is C17H29NO3. The zero-order valence-electron chi connectivity index (χ0n) is 13.4. The summed E-state index contributed by atoms with van der Waals surface area (Å²) >= 11 is 0. The quantitative estimate of drug-likeness (QED) is 0.783. The predicted molar refractivity (Wildman–Crippen MR) is 82.0 cm³/mol. The first kappa shape index (κ1) is 16.3. The average Bonchev–Trinajstić information content (AvgIpc) is 2.64. The molecule has 1 amide bonds. The van der Waals surface area contributed by atoms with E-state index < -0.39 is 11.5 Å². The average molecular weight is 295 g/mol. The molecule has 2 N–H and O–H groups in total. The van der Waals surface area contributed by atoms with Crippen LogP contribution in [0, 0.1) is 11.3 Å². The molecule has 0 aromatic heterocycles. The van der Waals surface area contributed by atoms with Gasteiger partial charge in [0, 0.05) is 5.92 Å². The summed E-state index contributed by atoms with van der Waals surface area (Å²) in [7, 11) is 0. The Bertz CT molecular complexity index is 395. The standard InChI is InChI=1S/C17H29NO3/c1-16(2)10-8-5-9-13(16)14(19)18-17(15(20)21)11-6-3-4-7-12-17/h13H,3-12H2,1-2H3,(H,18,19)(H,20,21). The first-order valence-electron chi connectivity index (χ1n) is 8.43. The van der Waals surface area contributed by atoms with E-state index in [0.29, 0.717) is 12.8 Å². The van der Waals surface area contributed by atoms with Gasteiger partial charge in [0.25, 0.3) is 0 Å². The minimum atomic E-state index is -1.03. The summed E-state index contributed by atoms with van der Waals surface area (Å²) in [5, 5.41) is 12.6. The number of rotatable bonds is 3. The number of carbonyl (C=O) groups excluding carboxylic acids is 1. The third-order valence-electron chi connectivity index (χ3n) is 5.55. The van der Waals surface area contributed by atoms with Crippen molar-refractivity contribution in [2.45, 2.75) is 83.6 Å². The van der Waals surface area contributed by atoms with E-state index in [1.807, 2.05) is 0 Å². The van der Waals surface area contributed by atoms with E-state index in [-0.39, 0.29) is 17.2 Å². The summed E-state index contributed by atoms with van der Waals surface area (Å²) in [4.78, 5) is 24.5. The van der Waals surface area contributed by atoms with E-state index in [1.54, 1.807) is 0 Å². The van der Waals surface area contributed by atoms with Gasteiger partial charge < -0.3 is 10.4 Å². The lowest BCUT2D eigenvalue weighted by molar-refractivity contribution is -0.150. The summed E-state index contributed by atoms with van der Waals surface area (Å²) < 4.78 is 0. The molecule has 0 heterocycles. The van der Waals surface area contributed by atoms with Crippen molar-refractivity contribution in [1.29, 1.82) is 0 Å². The van der Waals surface area contributed by atoms with Crippen LogP contribution in [0.25, 0.3) is 0 Å². The third kappa shape index (κ3) is 3.58. The Morgan fingerprint density at radius 2 is 1.52 bits per heavy atom. The summed E-state index contributed by atoms with van der Waals surface area (Å²) in [6.45, 7) is 4.27. The fourth-order valence-electron chi connectivity index (χ4n) is 4.03. The Kier molecular flexibility index (Phi) is 4.95. The molecule has 0 aliphatic heterocycles. The maximum atomic E-state index is 12.7. The Morgan fingerprint density at radius 3 is 2.05 bits per heavy atom. The molecule has 2 aliphatic carbocycles. The van der Waals surface area contributed by atoms with Crippen LogP contribution in [0.15, 0.2) is 0 Å². The van der Waals surface area contributed by atoms with Crippen molar-refractivity contribution in [1.82, 2.24) is 5.32 Å². The topological polar surface area (TPSA) is 66.4 Å². The number of nitrogens with one attached hydrogen (secondary N) is 1. The fraction of sp³-hybridized carbons (Fsp3) is 0.882. The molecule has 2 fully saturated rings. The monoisotopic (exact) mass is 295 g/mol. The lowest BCUT2D eigenvalue weighted by atomic mass is 9.68. The summed E-state index contributed by atoms with van der Waals surface area (Å²) in [6.07, 6.45) is 9.23. The van der Waals surface area contributed by atoms with Crippen molar-refractivity contribution in [3.63, 3.8) is 0 Å². The van der Waals surface area contributed by atoms with Crippen molar-refractivity contribution in [2.24, 2.45) is 11.3 Å². The maximum Gasteiger partial charge on any atom is 0.329 e. The second-order valence-electron chi connectivity index (χ2n) is 7.58. The molecule has 4 nitrogen and oxygen atoms in total. The number of hydrogen-bond donors (Lipinski definition) is 2. The van der Waals surface area contributed by atoms with Crippen molar-refractivity contribution in [3.05, 3.63) is 0 Å². The molecule has 0 aromatic carbocycles. The molecule has 4 heteroatoms. The lowest BCUT2D eigenvalue weighted by Crippen LogP contribution is -2.57. The zero-order valence-corrected chi connectivity index (χ0v) is 13.4. The number of amides is 1. The second kappa shape index (κ2) is 6.37. The van der Waals surface area contributed by atoms with Gasteiger partial charge in [0.05, 0.1) is 0 Å². The van der Waals surface area contributed by atoms with Crippen molar-refractivity contribution in [2.75, 3.05) is 0 Å². The van der Waals surface area contributed by atoms with Gasteiger partial charge in [0.1, 0.15) is 5.54 Å². The van der Waals surface area contributed by atoms with E-state index in [0.717, 1.165) is 44.9 Å². The highest BCUT2D eigenvalue weighted by Gasteiger charge is 2.44. The predicted octanol–water partition coefficient (Wildman–Crippen LogP) is 3.50. The smallest absolute Gasteiger partial charge is 0.329 e. The van der Waals surface area contributed by atoms with Crippen LogP contribution in [0.2, 0.25) is 0 Å². The fourth-order valence-corrected chi connectivity index (χ4v) is 4.03. The van der Waals surface area contributed by atoms with Crippen LogP contribution >= 0.6 is 0 Å². The Morgan fingerprint density at radius 1 is 0.952 bits per heavy atom. The van der Waals surface area contributed by atoms with Crippen molar-refractivity contribution >= 4 is 11.9 Å². The van der Waals surface area contributed by atoms with Crippen LogP contribution in [-0.4, -0.2) is 22.5 Å². The van der Waals surface area contributed by atoms with E-state index >= 15 is 0 Å². The van der Waals surface area contributed by atoms with Gasteiger partial charge in [-0.15, -0.1) is 0 Å². The molecule has 1 unspecified atom stereocenters. The molecule has 0 radical (unpaired) electrons. The molecule has 2 saturated carbocycles. The highest BCUT2D eigenvalue weighted by molar-refractivity contribution is 5.88. The Labute approximate surface area is 127 Å². The molecule has 1 atom stereocenters. The molecule has 0 spiro atoms. The SMILES string of the molecule is CC1(C)CCCCC1C(=O)NC1(C(=O)O)CCCCCC1. The van der Waals surface area contributed by atoms with Gasteiger partial charge in [-0.05, 0) is 31.1 Å². The Balaban J connectivity index is 2.12. The van der Waals surface area contributed by atoms with Crippen LogP contribution < -0.4 is 5.32 Å². The minimum absolute atomic E-state index is 0.0211. The Hall–Kier alpha value is -1.06. The van der Waals surface area contributed by atoms with Crippen LogP contribution in [0.4, 0.5) is 0 Å². The number of carboxylic acids is 1. The molecule has 120 valence electrons. The summed E-state index contributed by atoms with van der Waals surface area (Å²) in [6, 6.07) is 0. The van der Waals surface area contributed by atoms with E-state index in [4.69, 9.17) is 0 Å². The molecule has 21 heavy (non-hydrogen) atoms. The largest absolute Gasteiger partial charge is 0.480 e. The lowest BCUT2D eigenvalue weighted by Gasteiger charge is -2.40. The molecule has 2 aliphatic rings. The first-order chi connectivity index (χ1) is 9.87. The number of aliphatic carboxylic acids is 1. The van der Waals surface area contributed by atoms with Gasteiger partial charge in [0.2, 0.25) is 5.91 Å². The summed E-state index contributed by atoms with van der Waals surface area (Å²) in [5.41, 5.74) is -1.05. The molecule has 0 aromatic rings. The molecule has 2 rings (SSSR count). The zero-order chi connectivity index (χ0) is 15.5. The maximum absolute atomic E-state index is 12.7. The third-order valence-corrected chi connectivity index (χ3v) is 5.55. The van der Waals surface area contributed by atoms with E-state index in [9.17, 15) is 14.7 Å². The highest BCUT2D eigenvalue weighted by atomic mass is 16.4. The highest BCUT2D eigenvalue weighted by Crippen LogP contribution is 2.41. The molecule has 0 bridgehead atoms. The van der Waals surface area contributed by atoms with E-state index in [2.05, 4.69) is 19.2 Å². The van der Waals surface area contributed by atoms with Crippen LogP contribution in [-0.2, 0) is 9.59 Å². The molecule has 0 saturated heterocycles. The number of hydrogen-bond acceptors (Lipinski definition) is 2. The van der Waals surface area contributed by atoms with Crippen LogP contribution in [0.1, 0.15) is 78.1 Å². The van der Waals surface area contributed by atoms with Crippen molar-refractivity contribution < 1.29 is 14.7 Å². The number of carboxylic acid groups (broad SMARTS) is 1. The van der Waals surface area contributed by atoms with E-state index in [1.165, 1.54) is 6.42 Å². The number of carbonyl (C=O) groups is 2. The first-order valence-corrected chi connectivity index (χ1v) is 8.43. The van der Waals surface area contributed by atoms with Crippen LogP contribution in [0.5, 0.6) is 0 Å². The second-order valence-corrected chi connectivity index (χ2v) is 7.58. The van der Waals surface area contributed by atoms with Gasteiger partial charge in [-0.1, -0.05) is 52.4 Å². The van der Waals surface area contributed by atoms with Gasteiger partial charge in [-0.3, -0.25) is 4.79 Å². The van der Waals surface area contributed by atoms with Gasteiger partial charge in [-0.2, -0.15) is 0 Å². The normalized spacial score (nSPS) is 28.4. The van der Waals surface area contributed by atoms with Gasteiger partial charge in [0.15, 0.2) is 0 Å². The molecular weight excluding hydrogens is 266 g/mol. The van der Waals surface area contributed by atoms with Gasteiger partial charge in [-0.25, -0.2) is 4.79 Å². The summed E-state index contributed by atoms with van der Waals surface area (Å²) in [5.74, 6) is -0.943. The minimum Gasteiger partial charge on any atom is -0.480 e.